The molecule has 0 spiro atoms. The molecule has 0 bridgehead atoms. The Hall–Kier alpha value is -3.59. The second kappa shape index (κ2) is 8.16. The van der Waals surface area contributed by atoms with Crippen LogP contribution in [0.15, 0.2) is 72.8 Å². The molecule has 1 aromatic heterocycles. The molecule has 4 aromatic carbocycles. The zero-order chi connectivity index (χ0) is 22.2. The smallest absolute Gasteiger partial charge is 0.249 e. The summed E-state index contributed by atoms with van der Waals surface area (Å²) in [4.78, 5) is 12.3. The zero-order valence-electron chi connectivity index (χ0n) is 18.7. The van der Waals surface area contributed by atoms with Gasteiger partial charge in [0.15, 0.2) is 0 Å². The van der Waals surface area contributed by atoms with Gasteiger partial charge in [0.2, 0.25) is 5.91 Å². The molecule has 0 radical (unpaired) electrons. The van der Waals surface area contributed by atoms with Crippen molar-refractivity contribution in [3.63, 3.8) is 0 Å². The number of carbonyl (C=O) groups is 1. The molecule has 0 fully saturated rings. The summed E-state index contributed by atoms with van der Waals surface area (Å²) in [6, 6.07) is 25.5. The van der Waals surface area contributed by atoms with Gasteiger partial charge in [0.05, 0.1) is 5.52 Å². The predicted molar refractivity (Wildman–Crippen MR) is 134 cm³/mol. The number of hydrogen-bond donors (Lipinski definition) is 1. The van der Waals surface area contributed by atoms with Gasteiger partial charge in [0.1, 0.15) is 0 Å². The number of rotatable bonds is 6. The van der Waals surface area contributed by atoms with Crippen LogP contribution in [-0.4, -0.2) is 10.5 Å². The second-order valence-electron chi connectivity index (χ2n) is 8.69. The number of aromatic nitrogens is 1. The number of hydrogen-bond acceptors (Lipinski definition) is 1. The molecule has 0 saturated heterocycles. The lowest BCUT2D eigenvalue weighted by Crippen LogP contribution is -2.11. The molecule has 32 heavy (non-hydrogen) atoms. The van der Waals surface area contributed by atoms with E-state index in [1.807, 2.05) is 12.1 Å². The fraction of sp³-hybridized carbons (Fsp3) is 0.207. The summed E-state index contributed by atoms with van der Waals surface area (Å²) >= 11 is 0. The first-order valence-corrected chi connectivity index (χ1v) is 11.4. The van der Waals surface area contributed by atoms with Crippen molar-refractivity contribution in [2.45, 2.75) is 39.7 Å². The quantitative estimate of drug-likeness (QED) is 0.325. The minimum Gasteiger partial charge on any atom is -0.366 e. The van der Waals surface area contributed by atoms with Crippen molar-refractivity contribution in [3.8, 4) is 0 Å². The van der Waals surface area contributed by atoms with E-state index in [4.69, 9.17) is 5.73 Å². The molecule has 1 heterocycles. The van der Waals surface area contributed by atoms with Crippen LogP contribution in [0.3, 0.4) is 0 Å². The Labute approximate surface area is 188 Å². The molecular weight excluding hydrogens is 392 g/mol. The van der Waals surface area contributed by atoms with Crippen molar-refractivity contribution in [3.05, 3.63) is 95.1 Å². The lowest BCUT2D eigenvalue weighted by molar-refractivity contribution is 0.100. The van der Waals surface area contributed by atoms with Crippen LogP contribution in [0.25, 0.3) is 32.6 Å². The third-order valence-electron chi connectivity index (χ3n) is 6.60. The number of primary amides is 1. The molecule has 0 aliphatic heterocycles. The average Bonchev–Trinajstić information content (AvgIpc) is 3.12. The standard InChI is InChI=1S/C29H28N2O/c1-3-4-8-20-14-16-24-27(17-20)31(26-12-7-11-25(28(24)26)29(30)32)18-21-15-13-19(2)22-9-5-6-10-23(21)22/h5-7,9-17H,3-4,8,18H2,1-2H3,(H2,30,32). The van der Waals surface area contributed by atoms with E-state index in [0.29, 0.717) is 5.56 Å². The van der Waals surface area contributed by atoms with Gasteiger partial charge in [0.25, 0.3) is 0 Å². The molecule has 0 atom stereocenters. The van der Waals surface area contributed by atoms with E-state index in [1.165, 1.54) is 40.3 Å². The van der Waals surface area contributed by atoms with Gasteiger partial charge in [-0.05, 0) is 65.4 Å². The summed E-state index contributed by atoms with van der Waals surface area (Å²) in [5.74, 6) is -0.384. The Bertz CT molecular complexity index is 1480. The molecule has 0 saturated carbocycles. The molecule has 160 valence electrons. The number of carbonyl (C=O) groups excluding carboxylic acids is 1. The highest BCUT2D eigenvalue weighted by atomic mass is 16.1. The topological polar surface area (TPSA) is 48.0 Å². The van der Waals surface area contributed by atoms with E-state index in [0.717, 1.165) is 34.8 Å². The molecule has 3 heteroatoms. The molecule has 2 N–H and O–H groups in total. The van der Waals surface area contributed by atoms with Crippen molar-refractivity contribution in [1.29, 1.82) is 0 Å². The molecule has 5 rings (SSSR count). The number of amides is 1. The highest BCUT2D eigenvalue weighted by molar-refractivity contribution is 6.18. The largest absolute Gasteiger partial charge is 0.366 e. The number of fused-ring (bicyclic) bond motifs is 4. The molecule has 5 aromatic rings. The first kappa shape index (κ1) is 20.3. The Morgan fingerprint density at radius 1 is 0.875 bits per heavy atom. The van der Waals surface area contributed by atoms with Crippen molar-refractivity contribution in [2.75, 3.05) is 0 Å². The Morgan fingerprint density at radius 3 is 2.47 bits per heavy atom. The van der Waals surface area contributed by atoms with Crippen LogP contribution in [0.1, 0.15) is 46.8 Å². The first-order valence-electron chi connectivity index (χ1n) is 11.4. The maximum Gasteiger partial charge on any atom is 0.249 e. The minimum absolute atomic E-state index is 0.384. The minimum atomic E-state index is -0.384. The van der Waals surface area contributed by atoms with E-state index in [9.17, 15) is 4.79 Å². The lowest BCUT2D eigenvalue weighted by Gasteiger charge is -2.13. The summed E-state index contributed by atoms with van der Waals surface area (Å²) < 4.78 is 2.35. The highest BCUT2D eigenvalue weighted by Crippen LogP contribution is 2.34. The monoisotopic (exact) mass is 420 g/mol. The van der Waals surface area contributed by atoms with Crippen LogP contribution >= 0.6 is 0 Å². The van der Waals surface area contributed by atoms with E-state index >= 15 is 0 Å². The van der Waals surface area contributed by atoms with Gasteiger partial charge in [0, 0.05) is 28.4 Å². The second-order valence-corrected chi connectivity index (χ2v) is 8.69. The third-order valence-corrected chi connectivity index (χ3v) is 6.60. The van der Waals surface area contributed by atoms with Gasteiger partial charge < -0.3 is 10.3 Å². The van der Waals surface area contributed by atoms with Gasteiger partial charge in [-0.25, -0.2) is 0 Å². The van der Waals surface area contributed by atoms with Gasteiger partial charge in [-0.1, -0.05) is 67.9 Å². The van der Waals surface area contributed by atoms with Crippen LogP contribution in [0.2, 0.25) is 0 Å². The van der Waals surface area contributed by atoms with Gasteiger partial charge in [-0.15, -0.1) is 0 Å². The van der Waals surface area contributed by atoms with Crippen molar-refractivity contribution < 1.29 is 4.79 Å². The van der Waals surface area contributed by atoms with Crippen LogP contribution in [0.4, 0.5) is 0 Å². The number of aryl methyl sites for hydroxylation is 2. The average molecular weight is 421 g/mol. The van der Waals surface area contributed by atoms with E-state index < -0.39 is 0 Å². The van der Waals surface area contributed by atoms with Crippen LogP contribution in [0, 0.1) is 6.92 Å². The molecule has 1 amide bonds. The van der Waals surface area contributed by atoms with E-state index in [1.54, 1.807) is 0 Å². The van der Waals surface area contributed by atoms with Crippen LogP contribution in [0.5, 0.6) is 0 Å². The number of nitrogens with two attached hydrogens (primary N) is 1. The van der Waals surface area contributed by atoms with Crippen molar-refractivity contribution in [1.82, 2.24) is 4.57 Å². The van der Waals surface area contributed by atoms with E-state index in [-0.39, 0.29) is 5.91 Å². The van der Waals surface area contributed by atoms with Crippen molar-refractivity contribution in [2.24, 2.45) is 5.73 Å². The maximum absolute atomic E-state index is 12.3. The molecule has 0 aliphatic carbocycles. The fourth-order valence-corrected chi connectivity index (χ4v) is 4.92. The summed E-state index contributed by atoms with van der Waals surface area (Å²) in [7, 11) is 0. The maximum atomic E-state index is 12.3. The van der Waals surface area contributed by atoms with Crippen LogP contribution in [-0.2, 0) is 13.0 Å². The summed E-state index contributed by atoms with van der Waals surface area (Å²) in [5, 5.41) is 4.60. The summed E-state index contributed by atoms with van der Waals surface area (Å²) in [5.41, 5.74) is 12.4. The van der Waals surface area contributed by atoms with Crippen molar-refractivity contribution >= 4 is 38.5 Å². The molecular formula is C29H28N2O. The SMILES string of the molecule is CCCCc1ccc2c3c(C(N)=O)cccc3n(Cc3ccc(C)c4ccccc34)c2c1. The van der Waals surface area contributed by atoms with Gasteiger partial charge in [-0.3, -0.25) is 4.79 Å². The molecule has 0 aliphatic rings. The third kappa shape index (κ3) is 3.34. The Balaban J connectivity index is 1.78. The number of unbranched alkanes of at least 4 members (excludes halogenated alkanes) is 1. The highest BCUT2D eigenvalue weighted by Gasteiger charge is 2.17. The normalized spacial score (nSPS) is 11.6. The number of benzene rings is 4. The number of nitrogens with zero attached hydrogens (tertiary/aromatic N) is 1. The predicted octanol–water partition coefficient (Wildman–Crippen LogP) is 6.75. The molecule has 3 nitrogen and oxygen atoms in total. The van der Waals surface area contributed by atoms with Crippen LogP contribution < -0.4 is 5.73 Å². The fourth-order valence-electron chi connectivity index (χ4n) is 4.92. The zero-order valence-corrected chi connectivity index (χ0v) is 18.7. The Kier molecular flexibility index (Phi) is 5.18. The Morgan fingerprint density at radius 2 is 1.69 bits per heavy atom. The first-order chi connectivity index (χ1) is 15.6. The summed E-state index contributed by atoms with van der Waals surface area (Å²) in [6.45, 7) is 5.11. The summed E-state index contributed by atoms with van der Waals surface area (Å²) in [6.07, 6.45) is 3.40. The molecule has 0 unspecified atom stereocenters. The lowest BCUT2D eigenvalue weighted by atomic mass is 10.00. The van der Waals surface area contributed by atoms with Gasteiger partial charge in [-0.2, -0.15) is 0 Å². The van der Waals surface area contributed by atoms with Gasteiger partial charge >= 0.3 is 0 Å². The van der Waals surface area contributed by atoms with E-state index in [2.05, 4.69) is 79.1 Å².